The number of aromatic amines is 1. The first-order chi connectivity index (χ1) is 15.7. The molecular weight excluding hydrogens is 402 g/mol. The maximum atomic E-state index is 13.2. The highest BCUT2D eigenvalue weighted by atomic mass is 16.5. The zero-order valence-corrected chi connectivity index (χ0v) is 17.9. The second kappa shape index (κ2) is 8.70. The molecule has 5 rings (SSSR count). The number of likely N-dealkylation sites (tertiary alicyclic amines) is 1. The summed E-state index contributed by atoms with van der Waals surface area (Å²) in [5, 5.41) is 11.8. The Morgan fingerprint density at radius 2 is 2.03 bits per heavy atom. The Labute approximate surface area is 186 Å². The number of nitrogens with zero attached hydrogens (tertiary/aromatic N) is 3. The predicted molar refractivity (Wildman–Crippen MR) is 124 cm³/mol. The number of amides is 1. The Hall–Kier alpha value is -3.87. The van der Waals surface area contributed by atoms with Crippen molar-refractivity contribution in [1.29, 1.82) is 0 Å². The number of hydrogen-bond acceptors (Lipinski definition) is 5. The number of fused-ring (bicyclic) bond motifs is 1. The minimum atomic E-state index is -0.0536. The van der Waals surface area contributed by atoms with Crippen LogP contribution in [0.5, 0.6) is 5.75 Å². The fourth-order valence-corrected chi connectivity index (χ4v) is 4.26. The van der Waals surface area contributed by atoms with E-state index in [0.717, 1.165) is 35.4 Å². The molecule has 0 spiro atoms. The average Bonchev–Trinajstić information content (AvgIpc) is 3.50. The number of pyridine rings is 1. The molecule has 1 amide bonds. The van der Waals surface area contributed by atoms with E-state index in [4.69, 9.17) is 9.72 Å². The summed E-state index contributed by atoms with van der Waals surface area (Å²) in [6.45, 7) is 1.40. The molecule has 0 bridgehead atoms. The largest absolute Gasteiger partial charge is 0.497 e. The van der Waals surface area contributed by atoms with Gasteiger partial charge in [-0.15, -0.1) is 0 Å². The second-order valence-electron chi connectivity index (χ2n) is 7.93. The molecule has 7 heteroatoms. The highest BCUT2D eigenvalue weighted by Gasteiger charge is 2.32. The molecule has 1 fully saturated rings. The highest BCUT2D eigenvalue weighted by Crippen LogP contribution is 2.34. The molecule has 0 radical (unpaired) electrons. The van der Waals surface area contributed by atoms with E-state index < -0.39 is 0 Å². The van der Waals surface area contributed by atoms with Gasteiger partial charge in [0.25, 0.3) is 5.91 Å². The quantitative estimate of drug-likeness (QED) is 0.471. The van der Waals surface area contributed by atoms with Gasteiger partial charge < -0.3 is 15.0 Å². The lowest BCUT2D eigenvalue weighted by Gasteiger charge is -2.24. The number of carbonyl (C=O) groups is 1. The molecule has 7 nitrogen and oxygen atoms in total. The third-order valence-electron chi connectivity index (χ3n) is 5.92. The van der Waals surface area contributed by atoms with Gasteiger partial charge in [0.05, 0.1) is 24.2 Å². The van der Waals surface area contributed by atoms with Crippen LogP contribution in [0.3, 0.4) is 0 Å². The third kappa shape index (κ3) is 3.89. The molecule has 0 saturated carbocycles. The maximum Gasteiger partial charge on any atom is 0.254 e. The molecule has 1 atom stereocenters. The van der Waals surface area contributed by atoms with Crippen LogP contribution in [0.25, 0.3) is 11.0 Å². The topological polar surface area (TPSA) is 83.1 Å². The van der Waals surface area contributed by atoms with Gasteiger partial charge >= 0.3 is 0 Å². The van der Waals surface area contributed by atoms with Crippen molar-refractivity contribution in [2.24, 2.45) is 0 Å². The van der Waals surface area contributed by atoms with E-state index in [-0.39, 0.29) is 11.9 Å². The van der Waals surface area contributed by atoms with Crippen LogP contribution in [-0.4, -0.2) is 39.6 Å². The first-order valence-corrected chi connectivity index (χ1v) is 10.8. The van der Waals surface area contributed by atoms with Crippen molar-refractivity contribution in [1.82, 2.24) is 20.1 Å². The summed E-state index contributed by atoms with van der Waals surface area (Å²) >= 11 is 0. The number of ether oxygens (including phenoxy) is 1. The van der Waals surface area contributed by atoms with Gasteiger partial charge in [-0.3, -0.25) is 9.89 Å². The number of rotatable bonds is 6. The fourth-order valence-electron chi connectivity index (χ4n) is 4.26. The van der Waals surface area contributed by atoms with Crippen molar-refractivity contribution in [3.8, 4) is 5.75 Å². The summed E-state index contributed by atoms with van der Waals surface area (Å²) in [4.78, 5) is 19.9. The van der Waals surface area contributed by atoms with Crippen LogP contribution in [0.2, 0.25) is 0 Å². The Kier molecular flexibility index (Phi) is 5.46. The van der Waals surface area contributed by atoms with Crippen LogP contribution < -0.4 is 10.1 Å². The third-order valence-corrected chi connectivity index (χ3v) is 5.92. The van der Waals surface area contributed by atoms with E-state index in [0.29, 0.717) is 24.4 Å². The molecule has 32 heavy (non-hydrogen) atoms. The van der Waals surface area contributed by atoms with Crippen LogP contribution >= 0.6 is 0 Å². The van der Waals surface area contributed by atoms with Crippen LogP contribution in [-0.2, 0) is 6.54 Å². The first kappa shape index (κ1) is 20.1. The molecular formula is C25H25N5O2. The Morgan fingerprint density at radius 1 is 1.16 bits per heavy atom. The van der Waals surface area contributed by atoms with Gasteiger partial charge in [-0.25, -0.2) is 4.98 Å². The minimum Gasteiger partial charge on any atom is -0.497 e. The number of methoxy groups -OCH3 is 1. The van der Waals surface area contributed by atoms with Gasteiger partial charge in [-0.05, 0) is 48.7 Å². The number of anilines is 1. The van der Waals surface area contributed by atoms with Gasteiger partial charge in [-0.1, -0.05) is 36.4 Å². The van der Waals surface area contributed by atoms with E-state index in [1.54, 1.807) is 13.2 Å². The molecule has 2 aromatic carbocycles. The zero-order valence-electron chi connectivity index (χ0n) is 17.9. The highest BCUT2D eigenvalue weighted by molar-refractivity contribution is 5.95. The number of H-pyrrole nitrogens is 1. The number of carbonyl (C=O) groups excluding carboxylic acids is 1. The van der Waals surface area contributed by atoms with E-state index >= 15 is 0 Å². The smallest absolute Gasteiger partial charge is 0.254 e. The number of aromatic nitrogens is 3. The van der Waals surface area contributed by atoms with Crippen LogP contribution in [0.1, 0.15) is 40.5 Å². The van der Waals surface area contributed by atoms with Gasteiger partial charge in [0.15, 0.2) is 11.5 Å². The molecule has 3 heterocycles. The molecule has 2 aromatic heterocycles. The van der Waals surface area contributed by atoms with Crippen molar-refractivity contribution in [2.75, 3.05) is 19.0 Å². The zero-order chi connectivity index (χ0) is 21.9. The normalized spacial score (nSPS) is 15.8. The lowest BCUT2D eigenvalue weighted by Crippen LogP contribution is -2.31. The number of nitrogens with one attached hydrogen (secondary N) is 2. The molecule has 0 aliphatic carbocycles. The van der Waals surface area contributed by atoms with E-state index in [1.807, 2.05) is 53.4 Å². The number of benzene rings is 2. The van der Waals surface area contributed by atoms with Crippen molar-refractivity contribution < 1.29 is 9.53 Å². The van der Waals surface area contributed by atoms with Crippen LogP contribution in [0, 0.1) is 0 Å². The first-order valence-electron chi connectivity index (χ1n) is 10.8. The average molecular weight is 428 g/mol. The fraction of sp³-hybridized carbons (Fsp3) is 0.240. The SMILES string of the molecule is COc1cccc(C(=O)N2CCCC2c2ccc3c(NCc4ccccc4)n[nH]c3n2)c1. The second-order valence-corrected chi connectivity index (χ2v) is 7.93. The maximum absolute atomic E-state index is 13.2. The van der Waals surface area contributed by atoms with Crippen molar-refractivity contribution >= 4 is 22.8 Å². The molecule has 1 aliphatic rings. The molecule has 1 unspecified atom stereocenters. The summed E-state index contributed by atoms with van der Waals surface area (Å²) in [6.07, 6.45) is 1.84. The molecule has 162 valence electrons. The Balaban J connectivity index is 1.36. The van der Waals surface area contributed by atoms with Crippen LogP contribution in [0.4, 0.5) is 5.82 Å². The summed E-state index contributed by atoms with van der Waals surface area (Å²) < 4.78 is 5.28. The Bertz CT molecular complexity index is 1240. The molecule has 1 saturated heterocycles. The van der Waals surface area contributed by atoms with E-state index in [1.165, 1.54) is 5.56 Å². The van der Waals surface area contributed by atoms with Gasteiger partial charge in [0.2, 0.25) is 0 Å². The van der Waals surface area contributed by atoms with Gasteiger partial charge in [-0.2, -0.15) is 5.10 Å². The van der Waals surface area contributed by atoms with Crippen molar-refractivity contribution in [3.05, 3.63) is 83.6 Å². The Morgan fingerprint density at radius 3 is 2.88 bits per heavy atom. The molecule has 1 aliphatic heterocycles. The number of hydrogen-bond donors (Lipinski definition) is 2. The molecule has 4 aromatic rings. The minimum absolute atomic E-state index is 0.00289. The summed E-state index contributed by atoms with van der Waals surface area (Å²) in [5.41, 5.74) is 3.42. The van der Waals surface area contributed by atoms with E-state index in [2.05, 4.69) is 27.6 Å². The lowest BCUT2D eigenvalue weighted by atomic mass is 10.1. The van der Waals surface area contributed by atoms with E-state index in [9.17, 15) is 4.79 Å². The summed E-state index contributed by atoms with van der Waals surface area (Å²) in [7, 11) is 1.61. The molecule has 2 N–H and O–H groups in total. The van der Waals surface area contributed by atoms with Crippen molar-refractivity contribution in [3.63, 3.8) is 0 Å². The van der Waals surface area contributed by atoms with Gasteiger partial charge in [0.1, 0.15) is 5.75 Å². The van der Waals surface area contributed by atoms with Crippen LogP contribution in [0.15, 0.2) is 66.7 Å². The predicted octanol–water partition coefficient (Wildman–Crippen LogP) is 4.56. The summed E-state index contributed by atoms with van der Waals surface area (Å²) in [6, 6.07) is 21.5. The lowest BCUT2D eigenvalue weighted by molar-refractivity contribution is 0.0732. The monoisotopic (exact) mass is 427 g/mol. The summed E-state index contributed by atoms with van der Waals surface area (Å²) in [5.74, 6) is 1.46. The van der Waals surface area contributed by atoms with Gasteiger partial charge in [0, 0.05) is 18.7 Å². The standard InChI is InChI=1S/C25H25N5O2/c1-32-19-10-5-9-18(15-19)25(31)30-14-6-11-22(30)21-13-12-20-23(28-29-24(20)27-21)26-16-17-7-3-2-4-8-17/h2-5,7-10,12-13,15,22H,6,11,14,16H2,1H3,(H2,26,27,28,29). The van der Waals surface area contributed by atoms with Crippen molar-refractivity contribution in [2.45, 2.75) is 25.4 Å².